The number of nitrogens with one attached hydrogen (secondary N) is 1. The lowest BCUT2D eigenvalue weighted by Crippen LogP contribution is -2.22. The predicted molar refractivity (Wildman–Crippen MR) is 81.1 cm³/mol. The van der Waals surface area contributed by atoms with Gasteiger partial charge in [0.25, 0.3) is 0 Å². The van der Waals surface area contributed by atoms with Crippen molar-refractivity contribution in [1.29, 1.82) is 0 Å². The molecule has 0 saturated heterocycles. The standard InChI is InChI=1S/C12H14Br2ClNO2/c1-3-18-12(17)7(2)6-16-11-9(13)4-8(15)5-10(11)14/h4-5,7,16H,3,6H2,1-2H3. The van der Waals surface area contributed by atoms with Gasteiger partial charge in [-0.25, -0.2) is 0 Å². The maximum atomic E-state index is 11.5. The topological polar surface area (TPSA) is 38.3 Å². The van der Waals surface area contributed by atoms with Crippen LogP contribution in [0.1, 0.15) is 13.8 Å². The van der Waals surface area contributed by atoms with E-state index in [-0.39, 0.29) is 11.9 Å². The van der Waals surface area contributed by atoms with Crippen LogP contribution in [0, 0.1) is 5.92 Å². The Morgan fingerprint density at radius 1 is 1.44 bits per heavy atom. The molecule has 0 bridgehead atoms. The van der Waals surface area contributed by atoms with Gasteiger partial charge in [0.15, 0.2) is 0 Å². The third kappa shape index (κ3) is 4.44. The third-order valence-corrected chi connectivity index (χ3v) is 3.75. The van der Waals surface area contributed by atoms with E-state index in [0.29, 0.717) is 18.2 Å². The van der Waals surface area contributed by atoms with E-state index >= 15 is 0 Å². The van der Waals surface area contributed by atoms with E-state index in [4.69, 9.17) is 16.3 Å². The van der Waals surface area contributed by atoms with Gasteiger partial charge < -0.3 is 10.1 Å². The van der Waals surface area contributed by atoms with Crippen molar-refractivity contribution < 1.29 is 9.53 Å². The average Bonchev–Trinajstić information content (AvgIpc) is 2.27. The van der Waals surface area contributed by atoms with Crippen LogP contribution in [-0.2, 0) is 9.53 Å². The summed E-state index contributed by atoms with van der Waals surface area (Å²) < 4.78 is 6.64. The van der Waals surface area contributed by atoms with Gasteiger partial charge in [0.2, 0.25) is 0 Å². The molecule has 100 valence electrons. The van der Waals surface area contributed by atoms with E-state index in [2.05, 4.69) is 37.2 Å². The number of hydrogen-bond acceptors (Lipinski definition) is 3. The maximum absolute atomic E-state index is 11.5. The first-order valence-electron chi connectivity index (χ1n) is 5.50. The maximum Gasteiger partial charge on any atom is 0.310 e. The van der Waals surface area contributed by atoms with Crippen molar-refractivity contribution >= 4 is 55.1 Å². The third-order valence-electron chi connectivity index (χ3n) is 2.28. The molecule has 1 unspecified atom stereocenters. The summed E-state index contributed by atoms with van der Waals surface area (Å²) in [6.07, 6.45) is 0. The molecule has 0 aliphatic heterocycles. The highest BCUT2D eigenvalue weighted by molar-refractivity contribution is 9.11. The normalized spacial score (nSPS) is 12.1. The van der Waals surface area contributed by atoms with Gasteiger partial charge in [-0.15, -0.1) is 0 Å². The Bertz CT molecular complexity index is 417. The fourth-order valence-electron chi connectivity index (χ4n) is 1.33. The van der Waals surface area contributed by atoms with Crippen LogP contribution >= 0.6 is 43.5 Å². The van der Waals surface area contributed by atoms with Crippen LogP contribution in [0.3, 0.4) is 0 Å². The highest BCUT2D eigenvalue weighted by atomic mass is 79.9. The molecule has 1 rings (SSSR count). The fraction of sp³-hybridized carbons (Fsp3) is 0.417. The summed E-state index contributed by atoms with van der Waals surface area (Å²) in [5, 5.41) is 3.83. The molecule has 0 spiro atoms. The van der Waals surface area contributed by atoms with Gasteiger partial charge in [0.1, 0.15) is 0 Å². The zero-order chi connectivity index (χ0) is 13.7. The lowest BCUT2D eigenvalue weighted by Gasteiger charge is -2.15. The van der Waals surface area contributed by atoms with Gasteiger partial charge in [-0.1, -0.05) is 18.5 Å². The molecule has 0 saturated carbocycles. The van der Waals surface area contributed by atoms with E-state index in [0.717, 1.165) is 14.6 Å². The Balaban J connectivity index is 2.66. The largest absolute Gasteiger partial charge is 0.466 e. The van der Waals surface area contributed by atoms with Crippen LogP contribution in [0.5, 0.6) is 0 Å². The minimum Gasteiger partial charge on any atom is -0.466 e. The first-order chi connectivity index (χ1) is 8.45. The molecule has 0 aromatic heterocycles. The number of anilines is 1. The molecule has 18 heavy (non-hydrogen) atoms. The average molecular weight is 400 g/mol. The van der Waals surface area contributed by atoms with Gasteiger partial charge >= 0.3 is 5.97 Å². The molecule has 0 radical (unpaired) electrons. The molecule has 6 heteroatoms. The van der Waals surface area contributed by atoms with Gasteiger partial charge in [-0.3, -0.25) is 4.79 Å². The van der Waals surface area contributed by atoms with E-state index < -0.39 is 0 Å². The second-order valence-electron chi connectivity index (χ2n) is 3.78. The van der Waals surface area contributed by atoms with E-state index in [1.807, 2.05) is 6.92 Å². The molecule has 0 heterocycles. The van der Waals surface area contributed by atoms with Gasteiger partial charge in [0, 0.05) is 20.5 Å². The van der Waals surface area contributed by atoms with Gasteiger partial charge in [0.05, 0.1) is 18.2 Å². The van der Waals surface area contributed by atoms with Gasteiger partial charge in [-0.2, -0.15) is 0 Å². The van der Waals surface area contributed by atoms with Crippen molar-refractivity contribution in [3.8, 4) is 0 Å². The van der Waals surface area contributed by atoms with E-state index in [1.54, 1.807) is 19.1 Å². The number of benzene rings is 1. The molecule has 0 aliphatic carbocycles. The van der Waals surface area contributed by atoms with Crippen molar-refractivity contribution in [3.63, 3.8) is 0 Å². The minimum atomic E-state index is -0.209. The molecular weight excluding hydrogens is 385 g/mol. The molecular formula is C12H14Br2ClNO2. The van der Waals surface area contributed by atoms with Crippen molar-refractivity contribution in [1.82, 2.24) is 0 Å². The second-order valence-corrected chi connectivity index (χ2v) is 5.92. The molecule has 0 amide bonds. The molecule has 0 fully saturated rings. The predicted octanol–water partition coefficient (Wildman–Crippen LogP) is 4.48. The molecule has 1 N–H and O–H groups in total. The SMILES string of the molecule is CCOC(=O)C(C)CNc1c(Br)cc(Cl)cc1Br. The zero-order valence-corrected chi connectivity index (χ0v) is 14.0. The summed E-state index contributed by atoms with van der Waals surface area (Å²) in [5.41, 5.74) is 0.871. The van der Waals surface area contributed by atoms with Crippen LogP contribution in [0.4, 0.5) is 5.69 Å². The summed E-state index contributed by atoms with van der Waals surface area (Å²) in [5.74, 6) is -0.411. The Hall–Kier alpha value is -0.260. The number of carbonyl (C=O) groups is 1. The summed E-state index contributed by atoms with van der Waals surface area (Å²) in [6.45, 7) is 4.52. The smallest absolute Gasteiger partial charge is 0.310 e. The highest BCUT2D eigenvalue weighted by Crippen LogP contribution is 2.34. The van der Waals surface area contributed by atoms with Crippen molar-refractivity contribution in [2.24, 2.45) is 5.92 Å². The molecule has 1 atom stereocenters. The monoisotopic (exact) mass is 397 g/mol. The molecule has 3 nitrogen and oxygen atoms in total. The molecule has 1 aromatic carbocycles. The van der Waals surface area contributed by atoms with Crippen molar-refractivity contribution in [2.45, 2.75) is 13.8 Å². The van der Waals surface area contributed by atoms with E-state index in [1.165, 1.54) is 0 Å². The van der Waals surface area contributed by atoms with Crippen LogP contribution in [0.2, 0.25) is 5.02 Å². The highest BCUT2D eigenvalue weighted by Gasteiger charge is 2.15. The number of hydrogen-bond donors (Lipinski definition) is 1. The van der Waals surface area contributed by atoms with Crippen LogP contribution in [0.15, 0.2) is 21.1 Å². The lowest BCUT2D eigenvalue weighted by atomic mass is 10.2. The first kappa shape index (κ1) is 15.8. The summed E-state index contributed by atoms with van der Waals surface area (Å²) in [6, 6.07) is 3.59. The van der Waals surface area contributed by atoms with E-state index in [9.17, 15) is 4.79 Å². The Morgan fingerprint density at radius 3 is 2.50 bits per heavy atom. The summed E-state index contributed by atoms with van der Waals surface area (Å²) in [7, 11) is 0. The molecule has 1 aromatic rings. The number of rotatable bonds is 5. The Kier molecular flexibility index (Phi) is 6.46. The van der Waals surface area contributed by atoms with Gasteiger partial charge in [-0.05, 0) is 50.9 Å². The number of esters is 1. The fourth-order valence-corrected chi connectivity index (χ4v) is 3.28. The van der Waals surface area contributed by atoms with Crippen molar-refractivity contribution in [2.75, 3.05) is 18.5 Å². The minimum absolute atomic E-state index is 0.203. The summed E-state index contributed by atoms with van der Waals surface area (Å²) >= 11 is 12.8. The quantitative estimate of drug-likeness (QED) is 0.742. The first-order valence-corrected chi connectivity index (χ1v) is 7.47. The lowest BCUT2D eigenvalue weighted by molar-refractivity contribution is -0.146. The Morgan fingerprint density at radius 2 is 2.00 bits per heavy atom. The van der Waals surface area contributed by atoms with Crippen molar-refractivity contribution in [3.05, 3.63) is 26.1 Å². The van der Waals surface area contributed by atoms with Crippen LogP contribution < -0.4 is 5.32 Å². The second kappa shape index (κ2) is 7.36. The van der Waals surface area contributed by atoms with Crippen LogP contribution in [0.25, 0.3) is 0 Å². The number of carbonyl (C=O) groups excluding carboxylic acids is 1. The zero-order valence-electron chi connectivity index (χ0n) is 10.1. The Labute approximate surface area is 128 Å². The number of halogens is 3. The number of ether oxygens (including phenoxy) is 1. The summed E-state index contributed by atoms with van der Waals surface area (Å²) in [4.78, 5) is 11.5. The van der Waals surface area contributed by atoms with Crippen LogP contribution in [-0.4, -0.2) is 19.1 Å². The molecule has 0 aliphatic rings.